The first-order valence-corrected chi connectivity index (χ1v) is 12.2. The zero-order chi connectivity index (χ0) is 20.5. The van der Waals surface area contributed by atoms with Gasteiger partial charge in [0.25, 0.3) is 0 Å². The zero-order valence-electron chi connectivity index (χ0n) is 18.7. The molecule has 166 valence electrons. The standard InChI is InChI=1S/C24H38N4O2/c1-3-10-27-11-7-21(8-12-27)29-22-14-23(15-22)30-24-13-18(6-9-25-24)28-19-4-5-20(28)17-26(2)16-19/h6,9,13,19-23H,3-5,7-8,10-12,14-17H2,1-2H3. The Bertz CT molecular complexity index is 688. The minimum Gasteiger partial charge on any atom is -0.474 e. The Labute approximate surface area is 181 Å². The first-order chi connectivity index (χ1) is 14.7. The number of hydrogen-bond donors (Lipinski definition) is 0. The van der Waals surface area contributed by atoms with E-state index in [1.54, 1.807) is 0 Å². The number of aromatic nitrogens is 1. The summed E-state index contributed by atoms with van der Waals surface area (Å²) in [5.74, 6) is 0.780. The van der Waals surface area contributed by atoms with Gasteiger partial charge in [-0.1, -0.05) is 6.92 Å². The van der Waals surface area contributed by atoms with Crippen molar-refractivity contribution in [3.05, 3.63) is 18.3 Å². The second-order valence-corrected chi connectivity index (χ2v) is 9.88. The van der Waals surface area contributed by atoms with Gasteiger partial charge in [0, 0.05) is 69.1 Å². The molecule has 1 saturated carbocycles. The largest absolute Gasteiger partial charge is 0.474 e. The lowest BCUT2D eigenvalue weighted by molar-refractivity contribution is -0.110. The van der Waals surface area contributed by atoms with E-state index in [0.717, 1.165) is 31.8 Å². The molecule has 0 N–H and O–H groups in total. The van der Waals surface area contributed by atoms with Crippen LogP contribution in [0.5, 0.6) is 5.88 Å². The summed E-state index contributed by atoms with van der Waals surface area (Å²) in [4.78, 5) is 12.2. The number of piperazine rings is 1. The fourth-order valence-corrected chi connectivity index (χ4v) is 5.91. The van der Waals surface area contributed by atoms with Gasteiger partial charge in [-0.05, 0) is 51.8 Å². The van der Waals surface area contributed by atoms with Crippen molar-refractivity contribution in [1.29, 1.82) is 0 Å². The van der Waals surface area contributed by atoms with E-state index >= 15 is 0 Å². The number of piperidine rings is 1. The molecule has 0 amide bonds. The predicted molar refractivity (Wildman–Crippen MR) is 119 cm³/mol. The quantitative estimate of drug-likeness (QED) is 0.683. The summed E-state index contributed by atoms with van der Waals surface area (Å²) in [6.45, 7) is 8.19. The van der Waals surface area contributed by atoms with Crippen LogP contribution in [-0.2, 0) is 4.74 Å². The zero-order valence-corrected chi connectivity index (χ0v) is 18.7. The van der Waals surface area contributed by atoms with Crippen LogP contribution in [0.25, 0.3) is 0 Å². The number of nitrogens with zero attached hydrogens (tertiary/aromatic N) is 4. The van der Waals surface area contributed by atoms with Crippen molar-refractivity contribution >= 4 is 5.69 Å². The second kappa shape index (κ2) is 9.01. The molecule has 3 saturated heterocycles. The van der Waals surface area contributed by atoms with Gasteiger partial charge in [-0.3, -0.25) is 0 Å². The van der Waals surface area contributed by atoms with Crippen LogP contribution in [0, 0.1) is 0 Å². The van der Waals surface area contributed by atoms with Gasteiger partial charge in [0.1, 0.15) is 6.10 Å². The molecule has 6 heteroatoms. The Morgan fingerprint density at radius 3 is 2.43 bits per heavy atom. The van der Waals surface area contributed by atoms with E-state index in [-0.39, 0.29) is 6.10 Å². The van der Waals surface area contributed by atoms with Crippen molar-refractivity contribution in [1.82, 2.24) is 14.8 Å². The Morgan fingerprint density at radius 2 is 1.73 bits per heavy atom. The number of rotatable bonds is 7. The number of likely N-dealkylation sites (tertiary alicyclic amines) is 2. The molecule has 4 heterocycles. The number of likely N-dealkylation sites (N-methyl/N-ethyl adjacent to an activating group) is 1. The number of pyridine rings is 1. The molecule has 3 aliphatic heterocycles. The van der Waals surface area contributed by atoms with Gasteiger partial charge in [0.05, 0.1) is 12.2 Å². The monoisotopic (exact) mass is 414 g/mol. The molecule has 0 spiro atoms. The van der Waals surface area contributed by atoms with Crippen LogP contribution in [-0.4, -0.2) is 85.0 Å². The summed E-state index contributed by atoms with van der Waals surface area (Å²) in [5.41, 5.74) is 1.28. The molecule has 2 bridgehead atoms. The summed E-state index contributed by atoms with van der Waals surface area (Å²) >= 11 is 0. The van der Waals surface area contributed by atoms with Gasteiger partial charge < -0.3 is 24.2 Å². The Kier molecular flexibility index (Phi) is 6.17. The molecular formula is C24H38N4O2. The SMILES string of the molecule is CCCN1CCC(OC2CC(Oc3cc(N4C5CCC4CN(C)C5)ccn3)C2)CC1. The molecular weight excluding hydrogens is 376 g/mol. The van der Waals surface area contributed by atoms with Crippen molar-refractivity contribution in [2.24, 2.45) is 0 Å². The van der Waals surface area contributed by atoms with Gasteiger partial charge in [-0.15, -0.1) is 0 Å². The first kappa shape index (κ1) is 20.5. The second-order valence-electron chi connectivity index (χ2n) is 9.88. The highest BCUT2D eigenvalue weighted by Crippen LogP contribution is 2.36. The molecule has 1 aliphatic carbocycles. The van der Waals surface area contributed by atoms with Crippen molar-refractivity contribution in [2.75, 3.05) is 44.7 Å². The van der Waals surface area contributed by atoms with Gasteiger partial charge >= 0.3 is 0 Å². The molecule has 30 heavy (non-hydrogen) atoms. The van der Waals surface area contributed by atoms with Crippen LogP contribution in [0.1, 0.15) is 51.9 Å². The third-order valence-electron chi connectivity index (χ3n) is 7.48. The van der Waals surface area contributed by atoms with Crippen molar-refractivity contribution < 1.29 is 9.47 Å². The maximum atomic E-state index is 6.35. The van der Waals surface area contributed by atoms with Crippen molar-refractivity contribution in [3.8, 4) is 5.88 Å². The van der Waals surface area contributed by atoms with Gasteiger partial charge in [0.15, 0.2) is 0 Å². The van der Waals surface area contributed by atoms with E-state index in [9.17, 15) is 0 Å². The topological polar surface area (TPSA) is 41.1 Å². The number of hydrogen-bond acceptors (Lipinski definition) is 6. The number of fused-ring (bicyclic) bond motifs is 2. The van der Waals surface area contributed by atoms with Crippen molar-refractivity contribution in [3.63, 3.8) is 0 Å². The maximum absolute atomic E-state index is 6.35. The predicted octanol–water partition coefficient (Wildman–Crippen LogP) is 3.17. The highest BCUT2D eigenvalue weighted by molar-refractivity contribution is 5.52. The maximum Gasteiger partial charge on any atom is 0.215 e. The molecule has 1 aromatic heterocycles. The summed E-state index contributed by atoms with van der Waals surface area (Å²) in [5, 5.41) is 0. The van der Waals surface area contributed by atoms with Gasteiger partial charge in [-0.2, -0.15) is 0 Å². The fourth-order valence-electron chi connectivity index (χ4n) is 5.91. The minimum atomic E-state index is 0.252. The average molecular weight is 415 g/mol. The number of anilines is 1. The normalized spacial score (nSPS) is 32.9. The Balaban J connectivity index is 1.09. The summed E-state index contributed by atoms with van der Waals surface area (Å²) in [6.07, 6.45) is 11.2. The molecule has 1 aromatic rings. The van der Waals surface area contributed by atoms with Crippen LogP contribution < -0.4 is 9.64 Å². The van der Waals surface area contributed by atoms with E-state index in [2.05, 4.69) is 45.8 Å². The van der Waals surface area contributed by atoms with Gasteiger partial charge in [0.2, 0.25) is 5.88 Å². The molecule has 2 atom stereocenters. The lowest BCUT2D eigenvalue weighted by Crippen LogP contribution is -2.52. The molecule has 2 unspecified atom stereocenters. The first-order valence-electron chi connectivity index (χ1n) is 12.2. The smallest absolute Gasteiger partial charge is 0.215 e. The Hall–Kier alpha value is -1.37. The van der Waals surface area contributed by atoms with E-state index in [1.165, 1.54) is 57.4 Å². The summed E-state index contributed by atoms with van der Waals surface area (Å²) in [6, 6.07) is 5.58. The van der Waals surface area contributed by atoms with Crippen LogP contribution in [0.4, 0.5) is 5.69 Å². The number of ether oxygens (including phenoxy) is 2. The molecule has 5 rings (SSSR count). The minimum absolute atomic E-state index is 0.252. The third-order valence-corrected chi connectivity index (χ3v) is 7.48. The molecule has 0 aromatic carbocycles. The Morgan fingerprint density at radius 1 is 1.00 bits per heavy atom. The van der Waals surface area contributed by atoms with Crippen LogP contribution in [0.2, 0.25) is 0 Å². The van der Waals surface area contributed by atoms with Crippen LogP contribution in [0.3, 0.4) is 0 Å². The average Bonchev–Trinajstić information content (AvgIpc) is 2.99. The van der Waals surface area contributed by atoms with Crippen LogP contribution >= 0.6 is 0 Å². The van der Waals surface area contributed by atoms with E-state index in [4.69, 9.17) is 9.47 Å². The van der Waals surface area contributed by atoms with Crippen LogP contribution in [0.15, 0.2) is 18.3 Å². The van der Waals surface area contributed by atoms with E-state index < -0.39 is 0 Å². The molecule has 4 fully saturated rings. The highest BCUT2D eigenvalue weighted by atomic mass is 16.5. The molecule has 0 radical (unpaired) electrons. The third kappa shape index (κ3) is 4.46. The summed E-state index contributed by atoms with van der Waals surface area (Å²) in [7, 11) is 2.24. The lowest BCUT2D eigenvalue weighted by Gasteiger charge is -2.41. The fraction of sp³-hybridized carbons (Fsp3) is 0.792. The van der Waals surface area contributed by atoms with Gasteiger partial charge in [-0.25, -0.2) is 4.98 Å². The lowest BCUT2D eigenvalue weighted by atomic mass is 9.91. The molecule has 6 nitrogen and oxygen atoms in total. The highest BCUT2D eigenvalue weighted by Gasteiger charge is 2.39. The van der Waals surface area contributed by atoms with Crippen molar-refractivity contribution in [2.45, 2.75) is 82.3 Å². The van der Waals surface area contributed by atoms with E-state index in [0.29, 0.717) is 24.3 Å². The molecule has 4 aliphatic rings. The van der Waals surface area contributed by atoms with E-state index in [1.807, 2.05) is 6.20 Å². The summed E-state index contributed by atoms with van der Waals surface area (Å²) < 4.78 is 12.6.